The molecule has 1 heterocycles. The molecule has 0 radical (unpaired) electrons. The van der Waals surface area contributed by atoms with E-state index in [9.17, 15) is 14.7 Å². The summed E-state index contributed by atoms with van der Waals surface area (Å²) in [5.41, 5.74) is 1.09. The third-order valence-electron chi connectivity index (χ3n) is 3.53. The first kappa shape index (κ1) is 18.4. The number of aromatic hydroxyl groups is 1. The van der Waals surface area contributed by atoms with Crippen LogP contribution in [0.1, 0.15) is 5.56 Å². The maximum absolute atomic E-state index is 12.5. The molecule has 0 unspecified atom stereocenters. The van der Waals surface area contributed by atoms with Crippen LogP contribution in [0.2, 0.25) is 5.02 Å². The Kier molecular flexibility index (Phi) is 5.61. The lowest BCUT2D eigenvalue weighted by Gasteiger charge is -2.14. The molecular formula is C18H13ClN2O3S2. The van der Waals surface area contributed by atoms with Crippen molar-refractivity contribution in [2.45, 2.75) is 0 Å². The number of thioether (sulfide) groups is 1. The Morgan fingerprint density at radius 3 is 2.62 bits per heavy atom. The van der Waals surface area contributed by atoms with Crippen LogP contribution >= 0.6 is 35.6 Å². The molecule has 2 aromatic carbocycles. The second-order valence-corrected chi connectivity index (χ2v) is 7.49. The summed E-state index contributed by atoms with van der Waals surface area (Å²) in [4.78, 5) is 26.3. The van der Waals surface area contributed by atoms with Crippen LogP contribution in [0.3, 0.4) is 0 Å². The molecule has 2 amide bonds. The zero-order valence-corrected chi connectivity index (χ0v) is 15.7. The zero-order chi connectivity index (χ0) is 18.7. The summed E-state index contributed by atoms with van der Waals surface area (Å²) < 4.78 is 0.294. The predicted octanol–water partition coefficient (Wildman–Crippen LogP) is 3.89. The fraction of sp³-hybridized carbons (Fsp3) is 0.0556. The highest BCUT2D eigenvalue weighted by Gasteiger charge is 2.33. The standard InChI is InChI=1S/C18H13ClN2O3S2/c19-12-5-7-13(8-6-12)20-16(23)10-21-17(24)15(26-18(21)25)9-11-3-1-2-4-14(11)22/h1-9,22H,10H2,(H,20,23)/b15-9-. The first-order valence-electron chi connectivity index (χ1n) is 7.53. The fourth-order valence-corrected chi connectivity index (χ4v) is 3.64. The number of anilines is 1. The molecule has 1 saturated heterocycles. The van der Waals surface area contributed by atoms with E-state index in [2.05, 4.69) is 5.32 Å². The van der Waals surface area contributed by atoms with Gasteiger partial charge in [-0.05, 0) is 36.4 Å². The van der Waals surface area contributed by atoms with E-state index in [1.54, 1.807) is 48.5 Å². The van der Waals surface area contributed by atoms with Crippen LogP contribution in [0.5, 0.6) is 5.75 Å². The summed E-state index contributed by atoms with van der Waals surface area (Å²) in [6.45, 7) is -0.189. The van der Waals surface area contributed by atoms with Crippen molar-refractivity contribution >= 4 is 63.5 Å². The second kappa shape index (κ2) is 7.90. The van der Waals surface area contributed by atoms with Gasteiger partial charge in [-0.3, -0.25) is 14.5 Å². The van der Waals surface area contributed by atoms with Gasteiger partial charge < -0.3 is 10.4 Å². The summed E-state index contributed by atoms with van der Waals surface area (Å²) in [6, 6.07) is 13.3. The van der Waals surface area contributed by atoms with E-state index in [0.29, 0.717) is 25.5 Å². The number of carbonyl (C=O) groups is 2. The van der Waals surface area contributed by atoms with Gasteiger partial charge in [0.15, 0.2) is 0 Å². The van der Waals surface area contributed by atoms with Gasteiger partial charge in [-0.1, -0.05) is 53.8 Å². The number of carbonyl (C=O) groups excluding carboxylic acids is 2. The third-order valence-corrected chi connectivity index (χ3v) is 5.16. The normalized spacial score (nSPS) is 15.6. The van der Waals surface area contributed by atoms with Crippen LogP contribution in [-0.2, 0) is 9.59 Å². The van der Waals surface area contributed by atoms with Gasteiger partial charge in [-0.2, -0.15) is 0 Å². The summed E-state index contributed by atoms with van der Waals surface area (Å²) in [6.07, 6.45) is 1.56. The lowest BCUT2D eigenvalue weighted by atomic mass is 10.2. The molecule has 0 spiro atoms. The number of hydrogen-bond acceptors (Lipinski definition) is 5. The summed E-state index contributed by atoms with van der Waals surface area (Å²) >= 11 is 12.1. The van der Waals surface area contributed by atoms with Crippen molar-refractivity contribution in [1.29, 1.82) is 0 Å². The molecule has 132 valence electrons. The van der Waals surface area contributed by atoms with Crippen LogP contribution in [0, 0.1) is 0 Å². The van der Waals surface area contributed by atoms with Gasteiger partial charge in [0.2, 0.25) is 5.91 Å². The maximum Gasteiger partial charge on any atom is 0.266 e. The minimum atomic E-state index is -0.368. The van der Waals surface area contributed by atoms with Crippen molar-refractivity contribution in [3.63, 3.8) is 0 Å². The fourth-order valence-electron chi connectivity index (χ4n) is 2.26. The Morgan fingerprint density at radius 1 is 1.23 bits per heavy atom. The van der Waals surface area contributed by atoms with Crippen LogP contribution < -0.4 is 5.32 Å². The van der Waals surface area contributed by atoms with E-state index >= 15 is 0 Å². The number of phenols is 1. The van der Waals surface area contributed by atoms with E-state index in [4.69, 9.17) is 23.8 Å². The number of amides is 2. The van der Waals surface area contributed by atoms with Crippen LogP contribution in [-0.4, -0.2) is 32.7 Å². The molecule has 1 aliphatic rings. The lowest BCUT2D eigenvalue weighted by Crippen LogP contribution is -2.36. The van der Waals surface area contributed by atoms with E-state index < -0.39 is 0 Å². The van der Waals surface area contributed by atoms with Gasteiger partial charge in [-0.15, -0.1) is 0 Å². The number of phenolic OH excluding ortho intramolecular Hbond substituents is 1. The second-order valence-electron chi connectivity index (χ2n) is 5.38. The number of rotatable bonds is 4. The highest BCUT2D eigenvalue weighted by atomic mass is 35.5. The van der Waals surface area contributed by atoms with E-state index in [0.717, 1.165) is 11.8 Å². The van der Waals surface area contributed by atoms with Crippen molar-refractivity contribution in [2.24, 2.45) is 0 Å². The van der Waals surface area contributed by atoms with Crippen LogP contribution in [0.4, 0.5) is 5.69 Å². The molecule has 0 bridgehead atoms. The minimum Gasteiger partial charge on any atom is -0.507 e. The molecular weight excluding hydrogens is 392 g/mol. The van der Waals surface area contributed by atoms with Gasteiger partial charge in [0.25, 0.3) is 5.91 Å². The van der Waals surface area contributed by atoms with Crippen LogP contribution in [0.15, 0.2) is 53.4 Å². The minimum absolute atomic E-state index is 0.0678. The first-order valence-corrected chi connectivity index (χ1v) is 9.13. The molecule has 2 N–H and O–H groups in total. The van der Waals surface area contributed by atoms with Gasteiger partial charge in [0.05, 0.1) is 4.91 Å². The Bertz CT molecular complexity index is 913. The Hall–Kier alpha value is -2.35. The Balaban J connectivity index is 1.70. The molecule has 26 heavy (non-hydrogen) atoms. The van der Waals surface area contributed by atoms with Crippen molar-refractivity contribution < 1.29 is 14.7 Å². The first-order chi connectivity index (χ1) is 12.4. The van der Waals surface area contributed by atoms with Crippen molar-refractivity contribution in [1.82, 2.24) is 4.90 Å². The molecule has 3 rings (SSSR count). The van der Waals surface area contributed by atoms with Gasteiger partial charge in [0, 0.05) is 16.3 Å². The molecule has 0 aromatic heterocycles. The zero-order valence-electron chi connectivity index (χ0n) is 13.3. The highest BCUT2D eigenvalue weighted by Crippen LogP contribution is 2.33. The number of nitrogens with zero attached hydrogens (tertiary/aromatic N) is 1. The smallest absolute Gasteiger partial charge is 0.266 e. The number of hydrogen-bond donors (Lipinski definition) is 2. The number of thiocarbonyl (C=S) groups is 1. The average Bonchev–Trinajstić information content (AvgIpc) is 2.86. The maximum atomic E-state index is 12.5. The molecule has 0 atom stereocenters. The Labute approximate surface area is 164 Å². The summed E-state index contributed by atoms with van der Waals surface area (Å²) in [5, 5.41) is 13.1. The SMILES string of the molecule is O=C(CN1C(=O)/C(=C/c2ccccc2O)SC1=S)Nc1ccc(Cl)cc1. The van der Waals surface area contributed by atoms with Gasteiger partial charge in [-0.25, -0.2) is 0 Å². The largest absolute Gasteiger partial charge is 0.507 e. The van der Waals surface area contributed by atoms with E-state index in [1.165, 1.54) is 11.0 Å². The average molecular weight is 405 g/mol. The third kappa shape index (κ3) is 4.24. The topological polar surface area (TPSA) is 69.6 Å². The van der Waals surface area contributed by atoms with Gasteiger partial charge in [0.1, 0.15) is 16.6 Å². The predicted molar refractivity (Wildman–Crippen MR) is 108 cm³/mol. The molecule has 1 aliphatic heterocycles. The molecule has 1 fully saturated rings. The van der Waals surface area contributed by atoms with E-state index in [1.807, 2.05) is 0 Å². The molecule has 0 saturated carbocycles. The van der Waals surface area contributed by atoms with Crippen LogP contribution in [0.25, 0.3) is 6.08 Å². The van der Waals surface area contributed by atoms with Crippen molar-refractivity contribution in [2.75, 3.05) is 11.9 Å². The van der Waals surface area contributed by atoms with Crippen molar-refractivity contribution in [3.05, 3.63) is 64.0 Å². The lowest BCUT2D eigenvalue weighted by molar-refractivity contribution is -0.126. The molecule has 2 aromatic rings. The van der Waals surface area contributed by atoms with E-state index in [-0.39, 0.29) is 24.1 Å². The number of nitrogens with one attached hydrogen (secondary N) is 1. The molecule has 8 heteroatoms. The van der Waals surface area contributed by atoms with Crippen molar-refractivity contribution in [3.8, 4) is 5.75 Å². The number of halogens is 1. The van der Waals surface area contributed by atoms with Gasteiger partial charge >= 0.3 is 0 Å². The monoisotopic (exact) mass is 404 g/mol. The summed E-state index contributed by atoms with van der Waals surface area (Å²) in [5.74, 6) is -0.666. The quantitative estimate of drug-likeness (QED) is 0.597. The number of para-hydroxylation sites is 1. The highest BCUT2D eigenvalue weighted by molar-refractivity contribution is 8.26. The molecule has 5 nitrogen and oxygen atoms in total. The number of benzene rings is 2. The molecule has 0 aliphatic carbocycles. The Morgan fingerprint density at radius 2 is 1.92 bits per heavy atom. The summed E-state index contributed by atoms with van der Waals surface area (Å²) in [7, 11) is 0.